The first-order valence-corrected chi connectivity index (χ1v) is 18.9. The minimum atomic E-state index is -3.95. The van der Waals surface area contributed by atoms with Crippen LogP contribution < -0.4 is 4.72 Å². The predicted molar refractivity (Wildman–Crippen MR) is 168 cm³/mol. The molecular weight excluding hydrogens is 658 g/mol. The lowest BCUT2D eigenvalue weighted by atomic mass is 10.1. The van der Waals surface area contributed by atoms with E-state index in [0.717, 1.165) is 28.1 Å². The molecule has 3 aliphatic heterocycles. The number of carbonyl (C=O) groups is 2. The molecule has 0 aromatic heterocycles. The van der Waals surface area contributed by atoms with Crippen LogP contribution >= 0.6 is 15.9 Å². The summed E-state index contributed by atoms with van der Waals surface area (Å²) in [4.78, 5) is 32.4. The van der Waals surface area contributed by atoms with E-state index in [1.54, 1.807) is 16.4 Å². The van der Waals surface area contributed by atoms with E-state index in [1.165, 1.54) is 11.0 Å². The Morgan fingerprint density at radius 3 is 2.37 bits per heavy atom. The van der Waals surface area contributed by atoms with Gasteiger partial charge >= 0.3 is 0 Å². The van der Waals surface area contributed by atoms with Gasteiger partial charge in [-0.1, -0.05) is 35.0 Å². The second-order valence-electron chi connectivity index (χ2n) is 11.6. The lowest BCUT2D eigenvalue weighted by Crippen LogP contribution is -2.56. The fourth-order valence-electron chi connectivity index (χ4n) is 6.31. The quantitative estimate of drug-likeness (QED) is 0.404. The number of halogens is 1. The van der Waals surface area contributed by atoms with Gasteiger partial charge in [0.05, 0.1) is 17.2 Å². The predicted octanol–water partition coefficient (Wildman–Crippen LogP) is 2.22. The van der Waals surface area contributed by atoms with Gasteiger partial charge in [0.1, 0.15) is 6.04 Å². The number of amides is 2. The van der Waals surface area contributed by atoms with Crippen LogP contribution in [0.25, 0.3) is 10.8 Å². The molecule has 0 spiro atoms. The van der Waals surface area contributed by atoms with Gasteiger partial charge < -0.3 is 9.80 Å². The van der Waals surface area contributed by atoms with Crippen LogP contribution in [-0.4, -0.2) is 118 Å². The van der Waals surface area contributed by atoms with E-state index in [9.17, 15) is 26.4 Å². The minimum absolute atomic E-state index is 0.00835. The molecule has 2 aromatic rings. The molecule has 43 heavy (non-hydrogen) atoms. The summed E-state index contributed by atoms with van der Waals surface area (Å²) < 4.78 is 56.3. The standard InChI is InChI=1S/C29H40BrN5O6S2/c1-2-17-42(38,39)34-15-13-32(14-16-34)20-25-5-3-12-35(25)28(36)21-33-11-4-6-27(29(33)37)31-43(40,41)26-10-8-22-18-24(30)9-7-23(22)19-26/h7-10,18-19,25,27,31H,2-6,11-17,20-21H2,1H3. The van der Waals surface area contributed by atoms with Crippen molar-refractivity contribution in [3.05, 3.63) is 40.9 Å². The molecule has 1 N–H and O–H groups in total. The number of piperazine rings is 1. The number of benzene rings is 2. The van der Waals surface area contributed by atoms with Crippen LogP contribution in [0.3, 0.4) is 0 Å². The first-order valence-electron chi connectivity index (χ1n) is 15.0. The number of piperidine rings is 1. The van der Waals surface area contributed by atoms with Crippen molar-refractivity contribution >= 4 is 58.6 Å². The minimum Gasteiger partial charge on any atom is -0.337 e. The maximum atomic E-state index is 13.4. The molecule has 2 unspecified atom stereocenters. The van der Waals surface area contributed by atoms with Crippen molar-refractivity contribution in [1.29, 1.82) is 0 Å². The van der Waals surface area contributed by atoms with Crippen LogP contribution in [0.2, 0.25) is 0 Å². The van der Waals surface area contributed by atoms with Gasteiger partial charge in [-0.3, -0.25) is 14.5 Å². The van der Waals surface area contributed by atoms with Crippen LogP contribution in [0.1, 0.15) is 39.0 Å². The Kier molecular flexibility index (Phi) is 10.1. The highest BCUT2D eigenvalue weighted by Crippen LogP contribution is 2.25. The van der Waals surface area contributed by atoms with Gasteiger partial charge in [-0.2, -0.15) is 9.03 Å². The van der Waals surface area contributed by atoms with Crippen LogP contribution in [0.15, 0.2) is 45.8 Å². The van der Waals surface area contributed by atoms with E-state index in [0.29, 0.717) is 65.1 Å². The third-order valence-electron chi connectivity index (χ3n) is 8.59. The van der Waals surface area contributed by atoms with E-state index < -0.39 is 26.1 Å². The van der Waals surface area contributed by atoms with Crippen molar-refractivity contribution in [2.45, 2.75) is 56.0 Å². The molecule has 2 aromatic carbocycles. The average molecular weight is 699 g/mol. The number of carbonyl (C=O) groups excluding carboxylic acids is 2. The molecule has 11 nitrogen and oxygen atoms in total. The zero-order valence-corrected chi connectivity index (χ0v) is 27.7. The monoisotopic (exact) mass is 697 g/mol. The van der Waals surface area contributed by atoms with Crippen molar-refractivity contribution in [2.24, 2.45) is 0 Å². The number of sulfonamides is 2. The van der Waals surface area contributed by atoms with Crippen molar-refractivity contribution in [1.82, 2.24) is 23.7 Å². The fraction of sp³-hybridized carbons (Fsp3) is 0.586. The zero-order valence-electron chi connectivity index (χ0n) is 24.5. The van der Waals surface area contributed by atoms with Crippen molar-refractivity contribution in [2.75, 3.05) is 58.1 Å². The van der Waals surface area contributed by atoms with Gasteiger partial charge in [-0.15, -0.1) is 0 Å². The molecule has 236 valence electrons. The summed E-state index contributed by atoms with van der Waals surface area (Å²) in [6.07, 6.45) is 3.29. The Balaban J connectivity index is 1.16. The van der Waals surface area contributed by atoms with Gasteiger partial charge in [0, 0.05) is 56.3 Å². The third kappa shape index (κ3) is 7.59. The smallest absolute Gasteiger partial charge is 0.242 e. The van der Waals surface area contributed by atoms with E-state index in [2.05, 4.69) is 25.6 Å². The number of nitrogens with one attached hydrogen (secondary N) is 1. The second-order valence-corrected chi connectivity index (χ2v) is 16.3. The van der Waals surface area contributed by atoms with Crippen LogP contribution in [0.5, 0.6) is 0 Å². The summed E-state index contributed by atoms with van der Waals surface area (Å²) >= 11 is 3.42. The molecule has 14 heteroatoms. The molecule has 0 aliphatic carbocycles. The number of nitrogens with zero attached hydrogens (tertiary/aromatic N) is 4. The SMILES string of the molecule is CCCS(=O)(=O)N1CCN(CC2CCCN2C(=O)CN2CCCC(NS(=O)(=O)c3ccc4cc(Br)ccc4c3)C2=O)CC1. The fourth-order valence-corrected chi connectivity index (χ4v) is 9.44. The van der Waals surface area contributed by atoms with E-state index >= 15 is 0 Å². The number of hydrogen-bond acceptors (Lipinski definition) is 7. The lowest BCUT2D eigenvalue weighted by molar-refractivity contribution is -0.143. The Bertz CT molecular complexity index is 1560. The Hall–Kier alpha value is -2.10. The molecular formula is C29H40BrN5O6S2. The molecule has 0 saturated carbocycles. The Morgan fingerprint density at radius 2 is 1.63 bits per heavy atom. The molecule has 0 radical (unpaired) electrons. The average Bonchev–Trinajstić information content (AvgIpc) is 3.43. The number of hydrogen-bond donors (Lipinski definition) is 1. The molecule has 2 amide bonds. The molecule has 5 rings (SSSR count). The lowest BCUT2D eigenvalue weighted by Gasteiger charge is -2.38. The number of fused-ring (bicyclic) bond motifs is 1. The normalized spacial score (nSPS) is 22.9. The van der Waals surface area contributed by atoms with Crippen LogP contribution in [-0.2, 0) is 29.6 Å². The highest BCUT2D eigenvalue weighted by atomic mass is 79.9. The van der Waals surface area contributed by atoms with Crippen molar-refractivity contribution < 1.29 is 26.4 Å². The first kappa shape index (κ1) is 32.3. The Morgan fingerprint density at radius 1 is 0.930 bits per heavy atom. The van der Waals surface area contributed by atoms with E-state index in [-0.39, 0.29) is 35.0 Å². The summed E-state index contributed by atoms with van der Waals surface area (Å²) in [6.45, 7) is 5.64. The molecule has 0 bridgehead atoms. The first-order chi connectivity index (χ1) is 20.5. The topological polar surface area (TPSA) is 127 Å². The summed E-state index contributed by atoms with van der Waals surface area (Å²) in [7, 11) is -7.17. The maximum Gasteiger partial charge on any atom is 0.242 e. The summed E-state index contributed by atoms with van der Waals surface area (Å²) in [5.74, 6) is -0.353. The van der Waals surface area contributed by atoms with Crippen molar-refractivity contribution in [3.63, 3.8) is 0 Å². The van der Waals surface area contributed by atoms with Gasteiger partial charge in [0.25, 0.3) is 0 Å². The van der Waals surface area contributed by atoms with Crippen LogP contribution in [0.4, 0.5) is 0 Å². The second kappa shape index (κ2) is 13.5. The molecule has 3 heterocycles. The van der Waals surface area contributed by atoms with E-state index in [1.807, 2.05) is 30.0 Å². The van der Waals surface area contributed by atoms with Gasteiger partial charge in [0.2, 0.25) is 31.9 Å². The third-order valence-corrected chi connectivity index (χ3v) is 12.6. The summed E-state index contributed by atoms with van der Waals surface area (Å²) in [5, 5.41) is 1.67. The van der Waals surface area contributed by atoms with Crippen molar-refractivity contribution in [3.8, 4) is 0 Å². The summed E-state index contributed by atoms with van der Waals surface area (Å²) in [6, 6.07) is 9.53. The molecule has 2 atom stereocenters. The van der Waals surface area contributed by atoms with Gasteiger partial charge in [-0.05, 0) is 67.1 Å². The maximum absolute atomic E-state index is 13.4. The highest BCUT2D eigenvalue weighted by molar-refractivity contribution is 9.10. The Labute approximate surface area is 262 Å². The van der Waals surface area contributed by atoms with E-state index in [4.69, 9.17) is 0 Å². The number of rotatable bonds is 10. The molecule has 3 aliphatic rings. The highest BCUT2D eigenvalue weighted by Gasteiger charge is 2.37. The summed E-state index contributed by atoms with van der Waals surface area (Å²) in [5.41, 5.74) is 0. The molecule has 3 fully saturated rings. The zero-order chi connectivity index (χ0) is 30.8. The molecule has 3 saturated heterocycles. The number of likely N-dealkylation sites (tertiary alicyclic amines) is 2. The largest absolute Gasteiger partial charge is 0.337 e. The van der Waals surface area contributed by atoms with Crippen LogP contribution in [0, 0.1) is 0 Å². The van der Waals surface area contributed by atoms with Gasteiger partial charge in [0.15, 0.2) is 0 Å². The van der Waals surface area contributed by atoms with Gasteiger partial charge in [-0.25, -0.2) is 16.8 Å².